The molecule has 0 N–H and O–H groups in total. The molecule has 1 fully saturated rings. The van der Waals surface area contributed by atoms with E-state index in [4.69, 9.17) is 0 Å². The lowest BCUT2D eigenvalue weighted by atomic mass is 9.86. The van der Waals surface area contributed by atoms with Crippen LogP contribution in [0.15, 0.2) is 12.7 Å². The predicted octanol–water partition coefficient (Wildman–Crippen LogP) is 2.99. The molecule has 0 aliphatic heterocycles. The summed E-state index contributed by atoms with van der Waals surface area (Å²) >= 11 is 0. The maximum absolute atomic E-state index is 11.9. The Morgan fingerprint density at radius 1 is 1.40 bits per heavy atom. The van der Waals surface area contributed by atoms with Gasteiger partial charge in [0.1, 0.15) is 0 Å². The maximum Gasteiger partial charge on any atom is 0.223 e. The van der Waals surface area contributed by atoms with Crippen LogP contribution in [0.4, 0.5) is 0 Å². The molecular formula is C13H23NO. The van der Waals surface area contributed by atoms with Gasteiger partial charge in [-0.15, -0.1) is 6.58 Å². The Hall–Kier alpha value is -0.790. The Bertz CT molecular complexity index is 207. The van der Waals surface area contributed by atoms with E-state index in [1.54, 1.807) is 0 Å². The zero-order chi connectivity index (χ0) is 11.1. The van der Waals surface area contributed by atoms with Gasteiger partial charge in [-0.3, -0.25) is 4.79 Å². The number of carbonyl (C=O) groups excluding carboxylic acids is 1. The number of hydrogen-bond donors (Lipinski definition) is 0. The van der Waals surface area contributed by atoms with Gasteiger partial charge in [0, 0.05) is 19.5 Å². The van der Waals surface area contributed by atoms with E-state index in [-0.39, 0.29) is 0 Å². The summed E-state index contributed by atoms with van der Waals surface area (Å²) in [6, 6.07) is 0. The van der Waals surface area contributed by atoms with Crippen molar-refractivity contribution in [3.05, 3.63) is 12.7 Å². The molecule has 1 amide bonds. The number of amides is 1. The van der Waals surface area contributed by atoms with Crippen LogP contribution >= 0.6 is 0 Å². The first-order valence-electron chi connectivity index (χ1n) is 6.16. The van der Waals surface area contributed by atoms with E-state index in [0.717, 1.165) is 13.0 Å². The Balaban J connectivity index is 2.34. The van der Waals surface area contributed by atoms with E-state index in [1.807, 2.05) is 17.9 Å². The third kappa shape index (κ3) is 4.06. The first-order valence-corrected chi connectivity index (χ1v) is 6.16. The fourth-order valence-corrected chi connectivity index (χ4v) is 2.33. The highest BCUT2D eigenvalue weighted by molar-refractivity contribution is 5.76. The minimum absolute atomic E-state index is 0.310. The van der Waals surface area contributed by atoms with Gasteiger partial charge in [-0.05, 0) is 25.7 Å². The van der Waals surface area contributed by atoms with Crippen LogP contribution < -0.4 is 0 Å². The average Bonchev–Trinajstić information content (AvgIpc) is 2.27. The molecule has 0 heterocycles. The number of carbonyl (C=O) groups is 1. The van der Waals surface area contributed by atoms with Gasteiger partial charge in [0.2, 0.25) is 5.91 Å². The fourth-order valence-electron chi connectivity index (χ4n) is 2.33. The smallest absolute Gasteiger partial charge is 0.223 e. The second-order valence-electron chi connectivity index (χ2n) is 4.43. The van der Waals surface area contributed by atoms with Crippen LogP contribution in [0.25, 0.3) is 0 Å². The van der Waals surface area contributed by atoms with Crippen LogP contribution in [0.3, 0.4) is 0 Å². The van der Waals surface area contributed by atoms with E-state index >= 15 is 0 Å². The molecule has 0 saturated heterocycles. The van der Waals surface area contributed by atoms with Crippen LogP contribution in [0, 0.1) is 5.92 Å². The van der Waals surface area contributed by atoms with Crippen molar-refractivity contribution < 1.29 is 4.79 Å². The second kappa shape index (κ2) is 6.65. The molecule has 0 spiro atoms. The standard InChI is InChI=1S/C13H23NO/c1-3-10-14(4-2)13(15)11-12-8-6-5-7-9-12/h3,12H,1,4-11H2,2H3. The summed E-state index contributed by atoms with van der Waals surface area (Å²) in [5.74, 6) is 0.953. The molecule has 86 valence electrons. The van der Waals surface area contributed by atoms with E-state index in [0.29, 0.717) is 18.4 Å². The zero-order valence-corrected chi connectivity index (χ0v) is 9.87. The van der Waals surface area contributed by atoms with Crippen molar-refractivity contribution in [3.8, 4) is 0 Å². The van der Waals surface area contributed by atoms with Gasteiger partial charge in [-0.1, -0.05) is 25.3 Å². The Morgan fingerprint density at radius 3 is 2.60 bits per heavy atom. The molecule has 0 aromatic carbocycles. The van der Waals surface area contributed by atoms with Gasteiger partial charge in [-0.25, -0.2) is 0 Å². The minimum Gasteiger partial charge on any atom is -0.339 e. The Kier molecular flexibility index (Phi) is 5.44. The molecule has 0 radical (unpaired) electrons. The molecule has 2 heteroatoms. The number of nitrogens with zero attached hydrogens (tertiary/aromatic N) is 1. The lowest BCUT2D eigenvalue weighted by Gasteiger charge is -2.25. The van der Waals surface area contributed by atoms with Gasteiger partial charge < -0.3 is 4.90 Å². The van der Waals surface area contributed by atoms with Crippen molar-refractivity contribution in [1.29, 1.82) is 0 Å². The molecule has 1 aliphatic rings. The average molecular weight is 209 g/mol. The number of likely N-dealkylation sites (N-methyl/N-ethyl adjacent to an activating group) is 1. The van der Waals surface area contributed by atoms with E-state index in [2.05, 4.69) is 6.58 Å². The second-order valence-corrected chi connectivity index (χ2v) is 4.43. The normalized spacial score (nSPS) is 17.4. The Morgan fingerprint density at radius 2 is 2.07 bits per heavy atom. The summed E-state index contributed by atoms with van der Waals surface area (Å²) in [4.78, 5) is 13.8. The largest absolute Gasteiger partial charge is 0.339 e. The topological polar surface area (TPSA) is 20.3 Å². The van der Waals surface area contributed by atoms with Gasteiger partial charge in [-0.2, -0.15) is 0 Å². The lowest BCUT2D eigenvalue weighted by Crippen LogP contribution is -2.32. The van der Waals surface area contributed by atoms with Crippen molar-refractivity contribution in [2.24, 2.45) is 5.92 Å². The van der Waals surface area contributed by atoms with Crippen LogP contribution in [-0.2, 0) is 4.79 Å². The molecular weight excluding hydrogens is 186 g/mol. The van der Waals surface area contributed by atoms with Crippen LogP contribution in [-0.4, -0.2) is 23.9 Å². The monoisotopic (exact) mass is 209 g/mol. The molecule has 1 rings (SSSR count). The van der Waals surface area contributed by atoms with E-state index in [1.165, 1.54) is 32.1 Å². The molecule has 0 unspecified atom stereocenters. The minimum atomic E-state index is 0.310. The van der Waals surface area contributed by atoms with Crippen LogP contribution in [0.5, 0.6) is 0 Å². The number of hydrogen-bond acceptors (Lipinski definition) is 1. The molecule has 0 atom stereocenters. The van der Waals surface area contributed by atoms with Gasteiger partial charge >= 0.3 is 0 Å². The highest BCUT2D eigenvalue weighted by Crippen LogP contribution is 2.26. The first kappa shape index (κ1) is 12.3. The number of rotatable bonds is 5. The summed E-state index contributed by atoms with van der Waals surface area (Å²) in [6.45, 7) is 7.21. The summed E-state index contributed by atoms with van der Waals surface area (Å²) < 4.78 is 0. The molecule has 15 heavy (non-hydrogen) atoms. The molecule has 1 saturated carbocycles. The van der Waals surface area contributed by atoms with Gasteiger partial charge in [0.25, 0.3) is 0 Å². The van der Waals surface area contributed by atoms with Gasteiger partial charge in [0.15, 0.2) is 0 Å². The van der Waals surface area contributed by atoms with Crippen molar-refractivity contribution >= 4 is 5.91 Å². The SMILES string of the molecule is C=CCN(CC)C(=O)CC1CCCCC1. The molecule has 0 aromatic heterocycles. The van der Waals surface area contributed by atoms with Crippen LogP contribution in [0.1, 0.15) is 45.4 Å². The molecule has 0 bridgehead atoms. The van der Waals surface area contributed by atoms with Crippen molar-refractivity contribution in [1.82, 2.24) is 4.90 Å². The third-order valence-corrected chi connectivity index (χ3v) is 3.27. The maximum atomic E-state index is 11.9. The van der Waals surface area contributed by atoms with E-state index < -0.39 is 0 Å². The third-order valence-electron chi connectivity index (χ3n) is 3.27. The highest BCUT2D eigenvalue weighted by Gasteiger charge is 2.19. The fraction of sp³-hybridized carbons (Fsp3) is 0.769. The zero-order valence-electron chi connectivity index (χ0n) is 9.87. The molecule has 2 nitrogen and oxygen atoms in total. The lowest BCUT2D eigenvalue weighted by molar-refractivity contribution is -0.131. The van der Waals surface area contributed by atoms with Gasteiger partial charge in [0.05, 0.1) is 0 Å². The molecule has 1 aliphatic carbocycles. The summed E-state index contributed by atoms with van der Waals surface area (Å²) in [5, 5.41) is 0. The quantitative estimate of drug-likeness (QED) is 0.637. The first-order chi connectivity index (χ1) is 7.27. The summed E-state index contributed by atoms with van der Waals surface area (Å²) in [6.07, 6.45) is 9.03. The molecule has 0 aromatic rings. The van der Waals surface area contributed by atoms with Crippen LogP contribution in [0.2, 0.25) is 0 Å². The summed E-state index contributed by atoms with van der Waals surface area (Å²) in [7, 11) is 0. The Labute approximate surface area is 93.3 Å². The predicted molar refractivity (Wildman–Crippen MR) is 63.6 cm³/mol. The summed E-state index contributed by atoms with van der Waals surface area (Å²) in [5.41, 5.74) is 0. The van der Waals surface area contributed by atoms with Crippen molar-refractivity contribution in [2.45, 2.75) is 45.4 Å². The van der Waals surface area contributed by atoms with Crippen molar-refractivity contribution in [2.75, 3.05) is 13.1 Å². The van der Waals surface area contributed by atoms with Crippen molar-refractivity contribution in [3.63, 3.8) is 0 Å². The van der Waals surface area contributed by atoms with E-state index in [9.17, 15) is 4.79 Å². The highest BCUT2D eigenvalue weighted by atomic mass is 16.2.